The Morgan fingerprint density at radius 3 is 2.67 bits per heavy atom. The number of hydrogen-bond acceptors (Lipinski definition) is 2. The van der Waals surface area contributed by atoms with Crippen LogP contribution in [0.5, 0.6) is 0 Å². The topological polar surface area (TPSA) is 55.1 Å². The number of carboxylic acid groups (broad SMARTS) is 1. The average Bonchev–Trinajstić information content (AvgIpc) is 2.60. The number of nitrogens with zero attached hydrogens (tertiary/aromatic N) is 2. The van der Waals surface area contributed by atoms with E-state index in [0.29, 0.717) is 6.42 Å². The molecule has 1 aromatic rings. The molecule has 0 aliphatic heterocycles. The lowest BCUT2D eigenvalue weighted by molar-refractivity contribution is -0.141. The Labute approximate surface area is 88.9 Å². The first-order valence-electron chi connectivity index (χ1n) is 5.20. The summed E-state index contributed by atoms with van der Waals surface area (Å²) < 4.78 is 1.92. The first-order valence-corrected chi connectivity index (χ1v) is 5.20. The number of imidazole rings is 1. The fraction of sp³-hybridized carbons (Fsp3) is 0.636. The predicted molar refractivity (Wildman–Crippen MR) is 55.6 cm³/mol. The Morgan fingerprint density at radius 1 is 1.67 bits per heavy atom. The highest BCUT2D eigenvalue weighted by atomic mass is 16.4. The highest BCUT2D eigenvalue weighted by molar-refractivity contribution is 5.86. The zero-order chi connectivity index (χ0) is 11.3. The Hall–Kier alpha value is -1.32. The summed E-state index contributed by atoms with van der Waals surface area (Å²) in [5.41, 5.74) is -0.0480. The summed E-state index contributed by atoms with van der Waals surface area (Å²) in [7, 11) is 0. The van der Waals surface area contributed by atoms with Gasteiger partial charge in [-0.2, -0.15) is 0 Å². The Bertz CT molecular complexity index is 408. The molecule has 15 heavy (non-hydrogen) atoms. The van der Waals surface area contributed by atoms with Crippen LogP contribution in [0.1, 0.15) is 32.9 Å². The first-order chi connectivity index (χ1) is 6.95. The van der Waals surface area contributed by atoms with E-state index in [4.69, 9.17) is 0 Å². The van der Waals surface area contributed by atoms with Crippen LogP contribution >= 0.6 is 0 Å². The van der Waals surface area contributed by atoms with Gasteiger partial charge in [-0.05, 0) is 18.8 Å². The molecule has 1 atom stereocenters. The minimum Gasteiger partial charge on any atom is -0.481 e. The lowest BCUT2D eigenvalue weighted by Gasteiger charge is -2.17. The van der Waals surface area contributed by atoms with Crippen molar-refractivity contribution >= 4 is 5.97 Å². The molecule has 1 aliphatic carbocycles. The van der Waals surface area contributed by atoms with Crippen molar-refractivity contribution in [1.82, 2.24) is 9.55 Å². The van der Waals surface area contributed by atoms with Crippen LogP contribution < -0.4 is 0 Å². The predicted octanol–water partition coefficient (Wildman–Crippen LogP) is 1.66. The van der Waals surface area contributed by atoms with Crippen molar-refractivity contribution in [2.45, 2.75) is 39.2 Å². The van der Waals surface area contributed by atoms with Gasteiger partial charge in [-0.15, -0.1) is 0 Å². The van der Waals surface area contributed by atoms with Crippen LogP contribution in [0.2, 0.25) is 0 Å². The van der Waals surface area contributed by atoms with Gasteiger partial charge >= 0.3 is 5.97 Å². The summed E-state index contributed by atoms with van der Waals surface area (Å²) in [6, 6.07) is 0. The van der Waals surface area contributed by atoms with Crippen LogP contribution in [0.4, 0.5) is 0 Å². The third-order valence-corrected chi connectivity index (χ3v) is 3.59. The molecule has 0 bridgehead atoms. The highest BCUT2D eigenvalue weighted by Gasteiger charge is 2.69. The van der Waals surface area contributed by atoms with Crippen LogP contribution in [-0.2, 0) is 16.8 Å². The monoisotopic (exact) mass is 208 g/mol. The number of carboxylic acids is 1. The van der Waals surface area contributed by atoms with Gasteiger partial charge in [-0.1, -0.05) is 13.8 Å². The Balaban J connectivity index is 2.50. The first kappa shape index (κ1) is 10.2. The molecule has 0 saturated heterocycles. The molecule has 4 nitrogen and oxygen atoms in total. The Kier molecular flexibility index (Phi) is 1.93. The maximum Gasteiger partial charge on any atom is 0.316 e. The van der Waals surface area contributed by atoms with E-state index in [1.54, 1.807) is 12.5 Å². The summed E-state index contributed by atoms with van der Waals surface area (Å²) in [5, 5.41) is 9.39. The second-order valence-corrected chi connectivity index (χ2v) is 4.84. The largest absolute Gasteiger partial charge is 0.481 e. The minimum atomic E-state index is -0.734. The summed E-state index contributed by atoms with van der Waals surface area (Å²) in [4.78, 5) is 15.5. The maximum absolute atomic E-state index is 11.4. The maximum atomic E-state index is 11.4. The molecule has 0 radical (unpaired) electrons. The number of aryl methyl sites for hydroxylation is 1. The van der Waals surface area contributed by atoms with E-state index in [-0.39, 0.29) is 5.41 Å². The third kappa shape index (κ3) is 1.14. The standard InChI is InChI=1S/C11H16N2O2/c1-4-13-7-12-5-8(13)11(9(14)15)6-10(11,2)3/h5,7H,4,6H2,1-3H3,(H,14,15). The summed E-state index contributed by atoms with van der Waals surface area (Å²) in [6.45, 7) is 6.75. The van der Waals surface area contributed by atoms with E-state index in [1.165, 1.54) is 0 Å². The third-order valence-electron chi connectivity index (χ3n) is 3.59. The fourth-order valence-corrected chi connectivity index (χ4v) is 2.46. The van der Waals surface area contributed by atoms with Gasteiger partial charge < -0.3 is 9.67 Å². The molecular weight excluding hydrogens is 192 g/mol. The molecule has 1 N–H and O–H groups in total. The van der Waals surface area contributed by atoms with E-state index in [2.05, 4.69) is 4.98 Å². The van der Waals surface area contributed by atoms with Gasteiger partial charge in [0.1, 0.15) is 5.41 Å². The molecule has 82 valence electrons. The van der Waals surface area contributed by atoms with Gasteiger partial charge in [0, 0.05) is 12.7 Å². The van der Waals surface area contributed by atoms with Gasteiger partial charge in [0.2, 0.25) is 0 Å². The van der Waals surface area contributed by atoms with Crippen LogP contribution in [-0.4, -0.2) is 20.6 Å². The lowest BCUT2D eigenvalue weighted by Crippen LogP contribution is -2.28. The molecule has 2 rings (SSSR count). The van der Waals surface area contributed by atoms with Crippen molar-refractivity contribution in [3.05, 3.63) is 18.2 Å². The van der Waals surface area contributed by atoms with Crippen LogP contribution in [0.15, 0.2) is 12.5 Å². The van der Waals surface area contributed by atoms with Crippen LogP contribution in [0.25, 0.3) is 0 Å². The zero-order valence-electron chi connectivity index (χ0n) is 9.32. The van der Waals surface area contributed by atoms with Gasteiger partial charge in [-0.3, -0.25) is 4.79 Å². The van der Waals surface area contributed by atoms with Crippen molar-refractivity contribution in [3.63, 3.8) is 0 Å². The molecule has 4 heteroatoms. The summed E-state index contributed by atoms with van der Waals surface area (Å²) in [5.74, 6) is -0.734. The molecule has 1 fully saturated rings. The molecule has 1 unspecified atom stereocenters. The van der Waals surface area contributed by atoms with E-state index >= 15 is 0 Å². The zero-order valence-corrected chi connectivity index (χ0v) is 9.32. The molecular formula is C11H16N2O2. The van der Waals surface area contributed by atoms with Crippen molar-refractivity contribution in [1.29, 1.82) is 0 Å². The number of aliphatic carboxylic acids is 1. The normalized spacial score (nSPS) is 27.7. The Morgan fingerprint density at radius 2 is 2.27 bits per heavy atom. The smallest absolute Gasteiger partial charge is 0.316 e. The SMILES string of the molecule is CCn1cncc1C1(C(=O)O)CC1(C)C. The van der Waals surface area contributed by atoms with E-state index in [9.17, 15) is 9.90 Å². The van der Waals surface area contributed by atoms with Gasteiger partial charge in [0.25, 0.3) is 0 Å². The summed E-state index contributed by atoms with van der Waals surface area (Å²) in [6.07, 6.45) is 4.09. The number of rotatable bonds is 3. The molecule has 0 spiro atoms. The number of carbonyl (C=O) groups is 1. The van der Waals surface area contributed by atoms with Crippen molar-refractivity contribution in [2.24, 2.45) is 5.41 Å². The van der Waals surface area contributed by atoms with E-state index in [1.807, 2.05) is 25.3 Å². The van der Waals surface area contributed by atoms with E-state index in [0.717, 1.165) is 12.2 Å². The van der Waals surface area contributed by atoms with Crippen molar-refractivity contribution in [2.75, 3.05) is 0 Å². The second kappa shape index (κ2) is 2.84. The molecule has 1 aromatic heterocycles. The van der Waals surface area contributed by atoms with Crippen molar-refractivity contribution in [3.8, 4) is 0 Å². The highest BCUT2D eigenvalue weighted by Crippen LogP contribution is 2.64. The number of aromatic nitrogens is 2. The van der Waals surface area contributed by atoms with Crippen molar-refractivity contribution < 1.29 is 9.90 Å². The molecule has 1 aliphatic rings. The minimum absolute atomic E-state index is 0.161. The van der Waals surface area contributed by atoms with Crippen LogP contribution in [0, 0.1) is 5.41 Å². The lowest BCUT2D eigenvalue weighted by atomic mass is 9.92. The molecule has 1 saturated carbocycles. The average molecular weight is 208 g/mol. The van der Waals surface area contributed by atoms with Gasteiger partial charge in [0.15, 0.2) is 0 Å². The van der Waals surface area contributed by atoms with Gasteiger partial charge in [-0.25, -0.2) is 4.98 Å². The quantitative estimate of drug-likeness (QED) is 0.821. The molecule has 0 amide bonds. The number of hydrogen-bond donors (Lipinski definition) is 1. The van der Waals surface area contributed by atoms with E-state index < -0.39 is 11.4 Å². The van der Waals surface area contributed by atoms with Crippen LogP contribution in [0.3, 0.4) is 0 Å². The second-order valence-electron chi connectivity index (χ2n) is 4.84. The fourth-order valence-electron chi connectivity index (χ4n) is 2.46. The molecule has 0 aromatic carbocycles. The molecule has 1 heterocycles. The summed E-state index contributed by atoms with van der Waals surface area (Å²) >= 11 is 0. The van der Waals surface area contributed by atoms with Gasteiger partial charge in [0.05, 0.1) is 12.0 Å².